The first-order chi connectivity index (χ1) is 14.2. The molecule has 1 heterocycles. The van der Waals surface area contributed by atoms with Crippen LogP contribution in [0.5, 0.6) is 11.5 Å². The van der Waals surface area contributed by atoms with Gasteiger partial charge < -0.3 is 14.9 Å². The monoisotopic (exact) mass is 428 g/mol. The maximum Gasteiger partial charge on any atom is 0.326 e. The Morgan fingerprint density at radius 2 is 1.73 bits per heavy atom. The van der Waals surface area contributed by atoms with Crippen molar-refractivity contribution in [3.63, 3.8) is 0 Å². The summed E-state index contributed by atoms with van der Waals surface area (Å²) in [7, 11) is 0. The highest BCUT2D eigenvalue weighted by Gasteiger charge is 2.31. The van der Waals surface area contributed by atoms with Gasteiger partial charge in [-0.05, 0) is 51.1 Å². The zero-order valence-electron chi connectivity index (χ0n) is 16.7. The molecule has 0 radical (unpaired) electrons. The highest BCUT2D eigenvalue weighted by Crippen LogP contribution is 2.36. The van der Waals surface area contributed by atoms with E-state index in [0.717, 1.165) is 4.90 Å². The molecule has 2 N–H and O–H groups in total. The van der Waals surface area contributed by atoms with Gasteiger partial charge in [0.2, 0.25) is 0 Å². The van der Waals surface area contributed by atoms with Crippen LogP contribution in [0.15, 0.2) is 48.5 Å². The molecule has 7 nitrogen and oxygen atoms in total. The van der Waals surface area contributed by atoms with Crippen molar-refractivity contribution in [3.8, 4) is 11.5 Å². The van der Waals surface area contributed by atoms with Crippen LogP contribution in [0.25, 0.3) is 10.8 Å². The Morgan fingerprint density at radius 1 is 1.07 bits per heavy atom. The first-order valence-corrected chi connectivity index (χ1v) is 9.68. The number of hydrogen-bond acceptors (Lipinski definition) is 5. The lowest BCUT2D eigenvalue weighted by Gasteiger charge is -2.26. The normalized spacial score (nSPS) is 12.0. The Labute approximate surface area is 178 Å². The Morgan fingerprint density at radius 3 is 2.33 bits per heavy atom. The molecule has 1 aromatic heterocycles. The molecule has 156 valence electrons. The van der Waals surface area contributed by atoms with Crippen LogP contribution in [0, 0.1) is 0 Å². The van der Waals surface area contributed by atoms with E-state index < -0.39 is 23.7 Å². The minimum atomic E-state index is -1.20. The number of fused-ring (bicyclic) bond motifs is 1. The molecule has 30 heavy (non-hydrogen) atoms. The van der Waals surface area contributed by atoms with E-state index in [1.165, 1.54) is 6.92 Å². The van der Waals surface area contributed by atoms with Gasteiger partial charge in [0, 0.05) is 16.5 Å². The second-order valence-corrected chi connectivity index (χ2v) is 7.36. The summed E-state index contributed by atoms with van der Waals surface area (Å²) < 4.78 is 5.66. The number of carbonyl (C=O) groups is 2. The van der Waals surface area contributed by atoms with Crippen molar-refractivity contribution in [2.45, 2.75) is 32.9 Å². The lowest BCUT2D eigenvalue weighted by Crippen LogP contribution is -2.43. The smallest absolute Gasteiger partial charge is 0.326 e. The average Bonchev–Trinajstić information content (AvgIpc) is 2.71. The summed E-state index contributed by atoms with van der Waals surface area (Å²) in [5.41, 5.74) is 0.0119. The minimum absolute atomic E-state index is 0.0123. The summed E-state index contributed by atoms with van der Waals surface area (Å²) in [6, 6.07) is 12.0. The molecule has 0 bridgehead atoms. The zero-order valence-corrected chi connectivity index (χ0v) is 17.4. The molecule has 0 aliphatic carbocycles. The Hall–Kier alpha value is -3.32. The number of pyridine rings is 1. The Bertz CT molecular complexity index is 1100. The molecular formula is C22H21ClN2O5. The van der Waals surface area contributed by atoms with Gasteiger partial charge in [-0.3, -0.25) is 9.69 Å². The summed E-state index contributed by atoms with van der Waals surface area (Å²) >= 11 is 6.28. The van der Waals surface area contributed by atoms with Crippen LogP contribution in [0.2, 0.25) is 5.15 Å². The summed E-state index contributed by atoms with van der Waals surface area (Å²) in [5, 5.41) is 21.1. The van der Waals surface area contributed by atoms with Crippen molar-refractivity contribution in [2.24, 2.45) is 0 Å². The summed E-state index contributed by atoms with van der Waals surface area (Å²) in [6.07, 6.45) is -0.0898. The van der Waals surface area contributed by atoms with E-state index in [2.05, 4.69) is 4.98 Å². The van der Waals surface area contributed by atoms with Crippen molar-refractivity contribution in [3.05, 3.63) is 59.4 Å². The zero-order chi connectivity index (χ0) is 22.0. The average molecular weight is 429 g/mol. The van der Waals surface area contributed by atoms with Gasteiger partial charge in [0.25, 0.3) is 5.91 Å². The Kier molecular flexibility index (Phi) is 6.12. The molecule has 0 aliphatic rings. The van der Waals surface area contributed by atoms with Crippen LogP contribution in [0.4, 0.5) is 5.69 Å². The highest BCUT2D eigenvalue weighted by molar-refractivity contribution is 6.35. The van der Waals surface area contributed by atoms with Gasteiger partial charge in [-0.15, -0.1) is 0 Å². The van der Waals surface area contributed by atoms with Gasteiger partial charge in [-0.25, -0.2) is 9.78 Å². The van der Waals surface area contributed by atoms with Crippen LogP contribution in [0.1, 0.15) is 31.3 Å². The number of nitrogens with zero attached hydrogens (tertiary/aromatic N) is 2. The number of ether oxygens (including phenoxy) is 1. The lowest BCUT2D eigenvalue weighted by molar-refractivity contribution is -0.138. The number of anilines is 1. The highest BCUT2D eigenvalue weighted by atomic mass is 35.5. The van der Waals surface area contributed by atoms with Crippen LogP contribution < -0.4 is 9.64 Å². The maximum absolute atomic E-state index is 13.3. The molecule has 0 spiro atoms. The molecule has 0 fully saturated rings. The third-order valence-corrected chi connectivity index (χ3v) is 4.76. The molecule has 1 atom stereocenters. The number of halogens is 1. The number of aromatic hydroxyl groups is 1. The van der Waals surface area contributed by atoms with Crippen molar-refractivity contribution in [1.82, 2.24) is 4.98 Å². The number of hydrogen-bond donors (Lipinski definition) is 2. The third kappa shape index (κ3) is 4.16. The van der Waals surface area contributed by atoms with E-state index in [9.17, 15) is 19.8 Å². The van der Waals surface area contributed by atoms with Crippen molar-refractivity contribution < 1.29 is 24.5 Å². The second kappa shape index (κ2) is 8.59. The predicted octanol–water partition coefficient (Wildman–Crippen LogP) is 4.50. The number of aromatic nitrogens is 1. The molecule has 0 saturated heterocycles. The minimum Gasteiger partial charge on any atom is -0.505 e. The number of carbonyl (C=O) groups excluding carboxylic acids is 1. The summed E-state index contributed by atoms with van der Waals surface area (Å²) in [4.78, 5) is 30.1. The van der Waals surface area contributed by atoms with Gasteiger partial charge in [-0.2, -0.15) is 0 Å². The number of carboxylic acid groups (broad SMARTS) is 1. The van der Waals surface area contributed by atoms with Gasteiger partial charge in [-0.1, -0.05) is 29.8 Å². The fraction of sp³-hybridized carbons (Fsp3) is 0.227. The number of para-hydroxylation sites is 1. The van der Waals surface area contributed by atoms with Gasteiger partial charge >= 0.3 is 5.97 Å². The first kappa shape index (κ1) is 21.4. The second-order valence-electron chi connectivity index (χ2n) is 7.00. The molecule has 1 amide bonds. The molecule has 0 saturated carbocycles. The molecule has 0 aliphatic heterocycles. The molecule has 8 heteroatoms. The standard InChI is InChI=1S/C22H21ClN2O5/c1-12(2)30-15-9-10-16-17(11-15)19(26)18(24-20(16)23)21(27)25(13(3)22(28)29)14-7-5-4-6-8-14/h4-13,26H,1-3H3,(H,28,29)/t13-/m0/s1. The number of rotatable bonds is 6. The van der Waals surface area contributed by atoms with Gasteiger partial charge in [0.15, 0.2) is 11.4 Å². The van der Waals surface area contributed by atoms with Gasteiger partial charge in [0.05, 0.1) is 6.10 Å². The van der Waals surface area contributed by atoms with Crippen molar-refractivity contribution in [1.29, 1.82) is 0 Å². The molecule has 3 aromatic rings. The number of amides is 1. The van der Waals surface area contributed by atoms with Gasteiger partial charge in [0.1, 0.15) is 16.9 Å². The van der Waals surface area contributed by atoms with Crippen molar-refractivity contribution >= 4 is 39.9 Å². The van der Waals surface area contributed by atoms with Crippen LogP contribution >= 0.6 is 11.6 Å². The fourth-order valence-electron chi connectivity index (χ4n) is 3.06. The quantitative estimate of drug-likeness (QED) is 0.560. The molecule has 0 unspecified atom stereocenters. The summed E-state index contributed by atoms with van der Waals surface area (Å²) in [5.74, 6) is -1.89. The SMILES string of the molecule is CC(C)Oc1ccc2c(Cl)nc(C(=O)N(c3ccccc3)[C@@H](C)C(=O)O)c(O)c2c1. The number of benzene rings is 2. The van der Waals surface area contributed by atoms with Crippen LogP contribution in [0.3, 0.4) is 0 Å². The maximum atomic E-state index is 13.3. The lowest BCUT2D eigenvalue weighted by atomic mass is 10.1. The largest absolute Gasteiger partial charge is 0.505 e. The molecule has 2 aromatic carbocycles. The van der Waals surface area contributed by atoms with E-state index in [0.29, 0.717) is 16.8 Å². The molecular weight excluding hydrogens is 408 g/mol. The Balaban J connectivity index is 2.16. The van der Waals surface area contributed by atoms with E-state index in [1.807, 2.05) is 13.8 Å². The van der Waals surface area contributed by atoms with E-state index in [-0.39, 0.29) is 22.3 Å². The predicted molar refractivity (Wildman–Crippen MR) is 115 cm³/mol. The summed E-state index contributed by atoms with van der Waals surface area (Å²) in [6.45, 7) is 5.11. The van der Waals surface area contributed by atoms with Crippen LogP contribution in [-0.2, 0) is 4.79 Å². The first-order valence-electron chi connectivity index (χ1n) is 9.31. The number of carboxylic acids is 1. The van der Waals surface area contributed by atoms with E-state index in [1.54, 1.807) is 48.5 Å². The van der Waals surface area contributed by atoms with E-state index in [4.69, 9.17) is 16.3 Å². The third-order valence-electron chi connectivity index (χ3n) is 4.47. The van der Waals surface area contributed by atoms with E-state index >= 15 is 0 Å². The fourth-order valence-corrected chi connectivity index (χ4v) is 3.31. The number of aliphatic carboxylic acids is 1. The topological polar surface area (TPSA) is 100.0 Å². The molecule has 3 rings (SSSR count). The van der Waals surface area contributed by atoms with Crippen molar-refractivity contribution in [2.75, 3.05) is 4.90 Å². The van der Waals surface area contributed by atoms with Crippen LogP contribution in [-0.4, -0.2) is 39.2 Å².